The molecule has 0 bridgehead atoms. The Labute approximate surface area is 181 Å². The van der Waals surface area contributed by atoms with Crippen LogP contribution in [0, 0.1) is 25.2 Å². The smallest absolute Gasteiger partial charge is 0.339 e. The van der Waals surface area contributed by atoms with Crippen molar-refractivity contribution >= 4 is 20.2 Å². The molecule has 0 N–H and O–H groups in total. The van der Waals surface area contributed by atoms with Crippen LogP contribution in [0.4, 0.5) is 0 Å². The molecule has 0 atom stereocenters. The number of hydrogen-bond donors (Lipinski definition) is 0. The standard InChI is InChI=1S/C22H19NO6S2/c1-16-3-8-19(9-4-16)30(24,25)28-21-12-7-18(13-14-23)15-22(21)29-31(26,27)20-10-5-17(2)6-11-20/h3-12,15H,13H2,1-2H3. The fourth-order valence-corrected chi connectivity index (χ4v) is 4.50. The van der Waals surface area contributed by atoms with Gasteiger partial charge in [-0.2, -0.15) is 22.1 Å². The van der Waals surface area contributed by atoms with E-state index < -0.39 is 20.2 Å². The molecule has 0 aliphatic carbocycles. The quantitative estimate of drug-likeness (QED) is 0.495. The van der Waals surface area contributed by atoms with Crippen molar-refractivity contribution < 1.29 is 25.2 Å². The summed E-state index contributed by atoms with van der Waals surface area (Å²) in [6.45, 7) is 3.62. The average Bonchev–Trinajstić information content (AvgIpc) is 2.70. The van der Waals surface area contributed by atoms with Gasteiger partial charge >= 0.3 is 20.2 Å². The maximum absolute atomic E-state index is 12.7. The van der Waals surface area contributed by atoms with Crippen molar-refractivity contribution in [1.29, 1.82) is 5.26 Å². The van der Waals surface area contributed by atoms with Gasteiger partial charge in [-0.05, 0) is 55.8 Å². The molecule has 0 saturated heterocycles. The molecule has 3 aromatic rings. The molecule has 31 heavy (non-hydrogen) atoms. The number of nitrogens with zero attached hydrogens (tertiary/aromatic N) is 1. The van der Waals surface area contributed by atoms with Crippen LogP contribution in [0.2, 0.25) is 0 Å². The normalized spacial score (nSPS) is 11.5. The zero-order valence-corrected chi connectivity index (χ0v) is 18.4. The van der Waals surface area contributed by atoms with Crippen LogP contribution < -0.4 is 8.37 Å². The molecule has 7 nitrogen and oxygen atoms in total. The molecule has 0 radical (unpaired) electrons. The number of aryl methyl sites for hydroxylation is 2. The van der Waals surface area contributed by atoms with E-state index in [1.54, 1.807) is 24.3 Å². The molecular formula is C22H19NO6S2. The lowest BCUT2D eigenvalue weighted by atomic mass is 10.1. The van der Waals surface area contributed by atoms with Crippen LogP contribution >= 0.6 is 0 Å². The first kappa shape index (κ1) is 22.3. The van der Waals surface area contributed by atoms with Gasteiger partial charge in [0.1, 0.15) is 9.79 Å². The summed E-state index contributed by atoms with van der Waals surface area (Å²) in [7, 11) is -8.51. The highest BCUT2D eigenvalue weighted by atomic mass is 32.2. The van der Waals surface area contributed by atoms with E-state index in [9.17, 15) is 16.8 Å². The molecule has 9 heteroatoms. The van der Waals surface area contributed by atoms with Crippen molar-refractivity contribution in [2.45, 2.75) is 30.1 Å². The number of benzene rings is 3. The summed E-state index contributed by atoms with van der Waals surface area (Å²) < 4.78 is 61.2. The topological polar surface area (TPSA) is 111 Å². The highest BCUT2D eigenvalue weighted by Gasteiger charge is 2.24. The van der Waals surface area contributed by atoms with Gasteiger partial charge in [0, 0.05) is 0 Å². The second kappa shape index (κ2) is 8.79. The van der Waals surface area contributed by atoms with Crippen LogP contribution in [0.5, 0.6) is 11.5 Å². The molecule has 0 aromatic heterocycles. The Balaban J connectivity index is 2.00. The van der Waals surface area contributed by atoms with E-state index in [1.807, 2.05) is 19.9 Å². The Hall–Kier alpha value is -3.35. The van der Waals surface area contributed by atoms with Gasteiger partial charge in [0.15, 0.2) is 11.5 Å². The molecule has 0 unspecified atom stereocenters. The maximum atomic E-state index is 12.7. The largest absolute Gasteiger partial charge is 0.375 e. The molecule has 0 heterocycles. The predicted octanol–water partition coefficient (Wildman–Crippen LogP) is 3.90. The minimum Gasteiger partial charge on any atom is -0.375 e. The van der Waals surface area contributed by atoms with Crippen LogP contribution in [-0.4, -0.2) is 16.8 Å². The van der Waals surface area contributed by atoms with E-state index in [0.29, 0.717) is 5.56 Å². The molecule has 3 rings (SSSR count). The minimum atomic E-state index is -4.27. The number of nitriles is 1. The van der Waals surface area contributed by atoms with E-state index in [-0.39, 0.29) is 27.7 Å². The Bertz CT molecular complexity index is 1340. The zero-order valence-electron chi connectivity index (χ0n) is 16.8. The van der Waals surface area contributed by atoms with Gasteiger partial charge in [0.25, 0.3) is 0 Å². The van der Waals surface area contributed by atoms with Crippen molar-refractivity contribution in [1.82, 2.24) is 0 Å². The summed E-state index contributed by atoms with van der Waals surface area (Å²) in [5.41, 5.74) is 2.17. The molecule has 0 fully saturated rings. The fourth-order valence-electron chi connectivity index (χ4n) is 2.63. The van der Waals surface area contributed by atoms with Gasteiger partial charge < -0.3 is 8.37 Å². The van der Waals surface area contributed by atoms with E-state index in [0.717, 1.165) is 11.1 Å². The van der Waals surface area contributed by atoms with E-state index >= 15 is 0 Å². The van der Waals surface area contributed by atoms with Crippen molar-refractivity contribution in [2.75, 3.05) is 0 Å². The molecule has 160 valence electrons. The highest BCUT2D eigenvalue weighted by Crippen LogP contribution is 2.33. The summed E-state index contributed by atoms with van der Waals surface area (Å²) in [4.78, 5) is -0.192. The Morgan fingerprint density at radius 1 is 0.710 bits per heavy atom. The first-order chi connectivity index (χ1) is 14.6. The summed E-state index contributed by atoms with van der Waals surface area (Å²) in [6, 6.07) is 17.9. The van der Waals surface area contributed by atoms with Crippen LogP contribution in [0.3, 0.4) is 0 Å². The zero-order chi connectivity index (χ0) is 22.6. The van der Waals surface area contributed by atoms with Gasteiger partial charge in [-0.1, -0.05) is 41.5 Å². The lowest BCUT2D eigenvalue weighted by Gasteiger charge is -2.14. The lowest BCUT2D eigenvalue weighted by Crippen LogP contribution is -2.14. The Morgan fingerprint density at radius 3 is 1.61 bits per heavy atom. The third-order valence-corrected chi connectivity index (χ3v) is 6.81. The SMILES string of the molecule is Cc1ccc(S(=O)(=O)Oc2ccc(CC#N)cc2OS(=O)(=O)c2ccc(C)cc2)cc1. The monoisotopic (exact) mass is 457 g/mol. The molecule has 3 aromatic carbocycles. The molecule has 0 spiro atoms. The van der Waals surface area contributed by atoms with Gasteiger partial charge in [-0.15, -0.1) is 0 Å². The van der Waals surface area contributed by atoms with Gasteiger partial charge in [0.05, 0.1) is 12.5 Å². The summed E-state index contributed by atoms with van der Waals surface area (Å²) in [5, 5.41) is 8.94. The second-order valence-electron chi connectivity index (χ2n) is 6.82. The Kier molecular flexibility index (Phi) is 6.34. The van der Waals surface area contributed by atoms with Crippen molar-refractivity contribution in [3.63, 3.8) is 0 Å². The third-order valence-electron chi connectivity index (χ3n) is 4.31. The van der Waals surface area contributed by atoms with E-state index in [2.05, 4.69) is 0 Å². The van der Waals surface area contributed by atoms with E-state index in [4.69, 9.17) is 13.6 Å². The van der Waals surface area contributed by atoms with Gasteiger partial charge in [0.2, 0.25) is 0 Å². The highest BCUT2D eigenvalue weighted by molar-refractivity contribution is 7.87. The fraction of sp³-hybridized carbons (Fsp3) is 0.136. The number of hydrogen-bond acceptors (Lipinski definition) is 7. The van der Waals surface area contributed by atoms with Crippen molar-refractivity contribution in [3.8, 4) is 17.6 Å². The lowest BCUT2D eigenvalue weighted by molar-refractivity contribution is 0.449. The molecule has 0 aliphatic heterocycles. The average molecular weight is 458 g/mol. The molecule has 0 amide bonds. The van der Waals surface area contributed by atoms with E-state index in [1.165, 1.54) is 42.5 Å². The van der Waals surface area contributed by atoms with Crippen molar-refractivity contribution in [2.24, 2.45) is 0 Å². The van der Waals surface area contributed by atoms with Crippen LogP contribution in [-0.2, 0) is 26.7 Å². The molecule has 0 aliphatic rings. The molecular weight excluding hydrogens is 438 g/mol. The summed E-state index contributed by atoms with van der Waals surface area (Å²) in [5.74, 6) is -0.637. The first-order valence-electron chi connectivity index (χ1n) is 9.13. The summed E-state index contributed by atoms with van der Waals surface area (Å²) in [6.07, 6.45) is -0.0219. The predicted molar refractivity (Wildman–Crippen MR) is 114 cm³/mol. The van der Waals surface area contributed by atoms with Crippen LogP contribution in [0.25, 0.3) is 0 Å². The minimum absolute atomic E-state index is 0.0219. The van der Waals surface area contributed by atoms with Crippen molar-refractivity contribution in [3.05, 3.63) is 83.4 Å². The third kappa shape index (κ3) is 5.42. The maximum Gasteiger partial charge on any atom is 0.339 e. The molecule has 0 saturated carbocycles. The number of rotatable bonds is 7. The van der Waals surface area contributed by atoms with Crippen LogP contribution in [0.1, 0.15) is 16.7 Å². The van der Waals surface area contributed by atoms with Crippen LogP contribution in [0.15, 0.2) is 76.5 Å². The van der Waals surface area contributed by atoms with Gasteiger partial charge in [-0.3, -0.25) is 0 Å². The van der Waals surface area contributed by atoms with Gasteiger partial charge in [-0.25, -0.2) is 0 Å². The Morgan fingerprint density at radius 2 is 1.16 bits per heavy atom. The summed E-state index contributed by atoms with van der Waals surface area (Å²) >= 11 is 0. The second-order valence-corrected chi connectivity index (χ2v) is 9.91. The first-order valence-corrected chi connectivity index (χ1v) is 11.9.